The zero-order valence-corrected chi connectivity index (χ0v) is 13.7. The minimum Gasteiger partial charge on any atom is -0.505 e. The van der Waals surface area contributed by atoms with Crippen molar-refractivity contribution < 1.29 is 31.1 Å². The number of phenolic OH excluding ortho intramolecular Hbond substituents is 1. The van der Waals surface area contributed by atoms with E-state index in [1.54, 1.807) is 4.72 Å². The molecule has 0 unspecified atom stereocenters. The van der Waals surface area contributed by atoms with Gasteiger partial charge in [-0.05, 0) is 24.3 Å². The molecule has 2 rings (SSSR count). The average Bonchev–Trinajstić information content (AvgIpc) is 2.43. The number of hydrogen-bond donors (Lipinski definition) is 2. The van der Waals surface area contributed by atoms with Crippen molar-refractivity contribution in [3.63, 3.8) is 0 Å². The van der Waals surface area contributed by atoms with Crippen LogP contribution in [0.25, 0.3) is 0 Å². The Morgan fingerprint density at radius 1 is 1.12 bits per heavy atom. The monoisotopic (exact) mass is 403 g/mol. The summed E-state index contributed by atoms with van der Waals surface area (Å²) in [5.74, 6) is -2.68. The highest BCUT2D eigenvalue weighted by Crippen LogP contribution is 2.37. The quantitative estimate of drug-likeness (QED) is 0.732. The van der Waals surface area contributed by atoms with Gasteiger partial charge in [0.25, 0.3) is 10.0 Å². The number of hydrogen-bond acceptors (Lipinski definition) is 3. The van der Waals surface area contributed by atoms with E-state index in [0.717, 1.165) is 24.3 Å². The van der Waals surface area contributed by atoms with E-state index in [9.17, 15) is 31.1 Å². The largest absolute Gasteiger partial charge is 0.505 e. The van der Waals surface area contributed by atoms with Crippen molar-refractivity contribution in [2.75, 3.05) is 4.72 Å². The molecule has 0 radical (unpaired) electrons. The zero-order chi connectivity index (χ0) is 18.3. The van der Waals surface area contributed by atoms with Crippen molar-refractivity contribution in [1.82, 2.24) is 0 Å². The summed E-state index contributed by atoms with van der Waals surface area (Å²) in [5.41, 5.74) is -2.59. The first-order chi connectivity index (χ1) is 10.9. The molecule has 0 aromatic heterocycles. The van der Waals surface area contributed by atoms with E-state index >= 15 is 0 Å². The first-order valence-electron chi connectivity index (χ1n) is 6.00. The minimum atomic E-state index is -5.01. The summed E-state index contributed by atoms with van der Waals surface area (Å²) in [6.45, 7) is 0. The summed E-state index contributed by atoms with van der Waals surface area (Å²) in [7, 11) is -4.65. The molecule has 0 atom stereocenters. The van der Waals surface area contributed by atoms with E-state index in [2.05, 4.69) is 0 Å². The van der Waals surface area contributed by atoms with Crippen LogP contribution >= 0.6 is 23.2 Å². The van der Waals surface area contributed by atoms with Gasteiger partial charge >= 0.3 is 6.18 Å². The lowest BCUT2D eigenvalue weighted by Gasteiger charge is -2.14. The van der Waals surface area contributed by atoms with Crippen LogP contribution in [0.15, 0.2) is 35.2 Å². The maximum atomic E-state index is 13.9. The van der Waals surface area contributed by atoms with E-state index in [0.29, 0.717) is 6.07 Å². The van der Waals surface area contributed by atoms with Crippen LogP contribution in [0, 0.1) is 5.82 Å². The van der Waals surface area contributed by atoms with Gasteiger partial charge in [-0.15, -0.1) is 0 Å². The Hall–Kier alpha value is -1.71. The Bertz CT molecular complexity index is 901. The molecular weight excluding hydrogens is 397 g/mol. The second-order valence-electron chi connectivity index (χ2n) is 4.50. The van der Waals surface area contributed by atoms with Gasteiger partial charge in [-0.1, -0.05) is 29.3 Å². The second-order valence-corrected chi connectivity index (χ2v) is 7.00. The number of nitrogens with one attached hydrogen (secondary N) is 1. The van der Waals surface area contributed by atoms with Crippen LogP contribution in [0.3, 0.4) is 0 Å². The fourth-order valence-electron chi connectivity index (χ4n) is 1.78. The third-order valence-electron chi connectivity index (χ3n) is 2.83. The Morgan fingerprint density at radius 2 is 1.75 bits per heavy atom. The van der Waals surface area contributed by atoms with Crippen LogP contribution in [-0.2, 0) is 16.2 Å². The molecule has 0 aliphatic rings. The molecule has 4 nitrogen and oxygen atoms in total. The molecule has 0 fully saturated rings. The van der Waals surface area contributed by atoms with Crippen LogP contribution < -0.4 is 4.72 Å². The Morgan fingerprint density at radius 3 is 2.33 bits per heavy atom. The number of sulfonamides is 1. The number of phenols is 1. The summed E-state index contributed by atoms with van der Waals surface area (Å²) in [4.78, 5) is -0.809. The molecule has 0 spiro atoms. The van der Waals surface area contributed by atoms with Gasteiger partial charge in [0.05, 0.1) is 16.3 Å². The van der Waals surface area contributed by atoms with E-state index in [-0.39, 0.29) is 5.02 Å². The van der Waals surface area contributed by atoms with Gasteiger partial charge in [0, 0.05) is 5.02 Å². The molecule has 24 heavy (non-hydrogen) atoms. The van der Waals surface area contributed by atoms with Crippen LogP contribution in [0.4, 0.5) is 23.2 Å². The van der Waals surface area contributed by atoms with Gasteiger partial charge in [0.15, 0.2) is 11.6 Å². The third-order valence-corrected chi connectivity index (χ3v) is 4.72. The van der Waals surface area contributed by atoms with Gasteiger partial charge in [-0.3, -0.25) is 4.72 Å². The van der Waals surface area contributed by atoms with Gasteiger partial charge in [-0.25, -0.2) is 12.8 Å². The minimum absolute atomic E-state index is 0.150. The zero-order valence-electron chi connectivity index (χ0n) is 11.3. The molecule has 2 aromatic carbocycles. The summed E-state index contributed by atoms with van der Waals surface area (Å²) < 4.78 is 77.9. The van der Waals surface area contributed by atoms with Crippen molar-refractivity contribution in [1.29, 1.82) is 0 Å². The van der Waals surface area contributed by atoms with Gasteiger partial charge in [-0.2, -0.15) is 13.2 Å². The first-order valence-corrected chi connectivity index (χ1v) is 8.24. The number of halogens is 6. The van der Waals surface area contributed by atoms with Crippen molar-refractivity contribution in [3.05, 3.63) is 51.8 Å². The van der Waals surface area contributed by atoms with Crippen molar-refractivity contribution in [2.24, 2.45) is 0 Å². The second kappa shape index (κ2) is 6.30. The highest BCUT2D eigenvalue weighted by Gasteiger charge is 2.35. The lowest BCUT2D eigenvalue weighted by molar-refractivity contribution is -0.139. The summed E-state index contributed by atoms with van der Waals surface area (Å²) >= 11 is 11.2. The fraction of sp³-hybridized carbons (Fsp3) is 0.0769. The molecule has 2 N–H and O–H groups in total. The molecule has 11 heteroatoms. The third kappa shape index (κ3) is 3.68. The van der Waals surface area contributed by atoms with Gasteiger partial charge < -0.3 is 5.11 Å². The Balaban J connectivity index is 2.52. The number of anilines is 1. The SMILES string of the molecule is O=S(=O)(Nc1cccc(C(F)(F)F)c1F)c1cc(Cl)cc(Cl)c1O. The predicted octanol–water partition coefficient (Wildman–Crippen LogP) is 4.66. The summed E-state index contributed by atoms with van der Waals surface area (Å²) in [6, 6.07) is 3.96. The molecule has 130 valence electrons. The highest BCUT2D eigenvalue weighted by atomic mass is 35.5. The Kier molecular flexibility index (Phi) is 4.89. The molecule has 0 saturated heterocycles. The van der Waals surface area contributed by atoms with Crippen LogP contribution in [0.5, 0.6) is 5.75 Å². The smallest absolute Gasteiger partial charge is 0.419 e. The van der Waals surface area contributed by atoms with Crippen LogP contribution in [0.2, 0.25) is 10.0 Å². The molecule has 0 aliphatic heterocycles. The van der Waals surface area contributed by atoms with Crippen LogP contribution in [0.1, 0.15) is 5.56 Å². The summed E-state index contributed by atoms with van der Waals surface area (Å²) in [6.07, 6.45) is -5.01. The van der Waals surface area contributed by atoms with Crippen molar-refractivity contribution in [3.8, 4) is 5.75 Å². The molecule has 2 aromatic rings. The molecule has 0 saturated carbocycles. The number of aromatic hydroxyl groups is 1. The van der Waals surface area contributed by atoms with Crippen molar-refractivity contribution >= 4 is 38.9 Å². The van der Waals surface area contributed by atoms with Crippen molar-refractivity contribution in [2.45, 2.75) is 11.1 Å². The molecular formula is C13H7Cl2F4NO3S. The highest BCUT2D eigenvalue weighted by molar-refractivity contribution is 7.92. The molecule has 0 heterocycles. The fourth-order valence-corrected chi connectivity index (χ4v) is 3.59. The standard InChI is InChI=1S/C13H7Cl2F4NO3S/c14-6-4-8(15)12(21)10(5-6)24(22,23)20-9-3-1-2-7(11(9)16)13(17,18)19/h1-5,20-21H. The normalized spacial score (nSPS) is 12.2. The lowest BCUT2D eigenvalue weighted by Crippen LogP contribution is -2.16. The van der Waals surface area contributed by atoms with Gasteiger partial charge in [0.2, 0.25) is 0 Å². The number of benzene rings is 2. The van der Waals surface area contributed by atoms with E-state index in [1.165, 1.54) is 0 Å². The topological polar surface area (TPSA) is 66.4 Å². The predicted molar refractivity (Wildman–Crippen MR) is 80.3 cm³/mol. The maximum absolute atomic E-state index is 13.9. The average molecular weight is 404 g/mol. The molecule has 0 amide bonds. The van der Waals surface area contributed by atoms with E-state index in [1.807, 2.05) is 0 Å². The Labute approximate surface area is 143 Å². The number of rotatable bonds is 3. The number of alkyl halides is 3. The van der Waals surface area contributed by atoms with Gasteiger partial charge in [0.1, 0.15) is 4.90 Å². The first kappa shape index (κ1) is 18.6. The van der Waals surface area contributed by atoms with E-state index < -0.39 is 48.9 Å². The van der Waals surface area contributed by atoms with E-state index in [4.69, 9.17) is 23.2 Å². The summed E-state index contributed by atoms with van der Waals surface area (Å²) in [5, 5.41) is 9.16. The molecule has 0 aliphatic carbocycles. The maximum Gasteiger partial charge on any atom is 0.419 e. The lowest BCUT2D eigenvalue weighted by atomic mass is 10.2. The van der Waals surface area contributed by atoms with Crippen LogP contribution in [-0.4, -0.2) is 13.5 Å². The molecule has 0 bridgehead atoms.